The zero-order valence-corrected chi connectivity index (χ0v) is 13.4. The fraction of sp³-hybridized carbons (Fsp3) is 0.286. The van der Waals surface area contributed by atoms with Gasteiger partial charge in [-0.2, -0.15) is 0 Å². The molecule has 2 aromatic rings. The van der Waals surface area contributed by atoms with E-state index in [9.17, 15) is 8.78 Å². The van der Waals surface area contributed by atoms with Gasteiger partial charge in [-0.15, -0.1) is 6.58 Å². The molecule has 3 rings (SSSR count). The van der Waals surface area contributed by atoms with Crippen molar-refractivity contribution in [3.8, 4) is 23.1 Å². The highest BCUT2D eigenvalue weighted by Crippen LogP contribution is 2.28. The maximum Gasteiger partial charge on any atom is 0.159 e. The van der Waals surface area contributed by atoms with Gasteiger partial charge in [0, 0.05) is 23.2 Å². The Morgan fingerprint density at radius 3 is 2.46 bits per heavy atom. The van der Waals surface area contributed by atoms with E-state index in [4.69, 9.17) is 0 Å². The smallest absolute Gasteiger partial charge is 0.159 e. The van der Waals surface area contributed by atoms with Gasteiger partial charge < -0.3 is 0 Å². The highest BCUT2D eigenvalue weighted by Gasteiger charge is 2.17. The van der Waals surface area contributed by atoms with Gasteiger partial charge in [0.1, 0.15) is 0 Å². The van der Waals surface area contributed by atoms with E-state index >= 15 is 0 Å². The van der Waals surface area contributed by atoms with Crippen LogP contribution in [0.15, 0.2) is 49.2 Å². The van der Waals surface area contributed by atoms with E-state index in [0.29, 0.717) is 23.1 Å². The summed E-state index contributed by atoms with van der Waals surface area (Å²) in [6.07, 6.45) is 8.28. The molecule has 1 saturated carbocycles. The molecule has 1 aliphatic rings. The van der Waals surface area contributed by atoms with Gasteiger partial charge in [-0.05, 0) is 61.9 Å². The summed E-state index contributed by atoms with van der Waals surface area (Å²) in [7, 11) is 0. The lowest BCUT2D eigenvalue weighted by molar-refractivity contribution is 0.365. The first kappa shape index (κ1) is 16.4. The fourth-order valence-corrected chi connectivity index (χ4v) is 2.98. The van der Waals surface area contributed by atoms with Gasteiger partial charge in [-0.25, -0.2) is 8.78 Å². The van der Waals surface area contributed by atoms with E-state index in [1.54, 1.807) is 12.3 Å². The number of halogens is 2. The third-order valence-corrected chi connectivity index (χ3v) is 4.50. The van der Waals surface area contributed by atoms with Gasteiger partial charge in [-0.1, -0.05) is 17.9 Å². The number of hydrogen-bond acceptors (Lipinski definition) is 1. The van der Waals surface area contributed by atoms with Crippen LogP contribution in [0, 0.1) is 35.3 Å². The zero-order valence-electron chi connectivity index (χ0n) is 13.4. The van der Waals surface area contributed by atoms with Crippen LogP contribution in [0.3, 0.4) is 0 Å². The Hall–Kier alpha value is -2.47. The highest BCUT2D eigenvalue weighted by molar-refractivity contribution is 5.59. The van der Waals surface area contributed by atoms with Crippen LogP contribution in [0.5, 0.6) is 0 Å². The number of benzene rings is 1. The average molecular weight is 323 g/mol. The summed E-state index contributed by atoms with van der Waals surface area (Å²) in [6, 6.07) is 7.43. The van der Waals surface area contributed by atoms with E-state index in [2.05, 4.69) is 23.4 Å². The van der Waals surface area contributed by atoms with Crippen LogP contribution in [0.2, 0.25) is 0 Å². The summed E-state index contributed by atoms with van der Waals surface area (Å²) in [5.74, 6) is 5.85. The Balaban J connectivity index is 1.68. The van der Waals surface area contributed by atoms with Crippen LogP contribution in [-0.2, 0) is 0 Å². The third kappa shape index (κ3) is 3.89. The van der Waals surface area contributed by atoms with Crippen LogP contribution in [0.4, 0.5) is 8.78 Å². The van der Waals surface area contributed by atoms with Gasteiger partial charge >= 0.3 is 0 Å². The van der Waals surface area contributed by atoms with E-state index < -0.39 is 11.6 Å². The summed E-state index contributed by atoms with van der Waals surface area (Å²) < 4.78 is 26.3. The monoisotopic (exact) mass is 323 g/mol. The van der Waals surface area contributed by atoms with Crippen LogP contribution in [-0.4, -0.2) is 4.98 Å². The summed E-state index contributed by atoms with van der Waals surface area (Å²) >= 11 is 0. The summed E-state index contributed by atoms with van der Waals surface area (Å²) in [5.41, 5.74) is 1.99. The molecule has 0 aliphatic heterocycles. The van der Waals surface area contributed by atoms with Crippen molar-refractivity contribution in [2.24, 2.45) is 11.8 Å². The predicted molar refractivity (Wildman–Crippen MR) is 92.1 cm³/mol. The Morgan fingerprint density at radius 1 is 1.04 bits per heavy atom. The maximum absolute atomic E-state index is 13.3. The first-order valence-electron chi connectivity index (χ1n) is 8.21. The SMILES string of the molecule is C=C[C@H]1CC[C@H](C#Cc2ccc(-c3ccc(F)c(F)c3)nc2)CC1. The van der Waals surface area contributed by atoms with Crippen molar-refractivity contribution in [2.45, 2.75) is 25.7 Å². The second kappa shape index (κ2) is 7.40. The van der Waals surface area contributed by atoms with Crippen LogP contribution in [0.25, 0.3) is 11.3 Å². The molecule has 1 aliphatic carbocycles. The maximum atomic E-state index is 13.3. The minimum absolute atomic E-state index is 0.437. The normalized spacial score (nSPS) is 20.1. The molecule has 1 nitrogen and oxygen atoms in total. The van der Waals surface area contributed by atoms with Crippen LogP contribution < -0.4 is 0 Å². The molecule has 0 atom stereocenters. The summed E-state index contributed by atoms with van der Waals surface area (Å²) in [6.45, 7) is 3.86. The number of aromatic nitrogens is 1. The molecule has 0 saturated heterocycles. The third-order valence-electron chi connectivity index (χ3n) is 4.50. The molecule has 1 aromatic carbocycles. The first-order valence-corrected chi connectivity index (χ1v) is 8.21. The van der Waals surface area contributed by atoms with Gasteiger partial charge in [0.2, 0.25) is 0 Å². The summed E-state index contributed by atoms with van der Waals surface area (Å²) in [5, 5.41) is 0. The van der Waals surface area contributed by atoms with Crippen LogP contribution in [0.1, 0.15) is 31.2 Å². The van der Waals surface area contributed by atoms with Crippen molar-refractivity contribution in [3.63, 3.8) is 0 Å². The minimum Gasteiger partial charge on any atom is -0.255 e. The number of pyridine rings is 1. The number of hydrogen-bond donors (Lipinski definition) is 0. The number of nitrogens with zero attached hydrogens (tertiary/aromatic N) is 1. The molecule has 0 spiro atoms. The van der Waals surface area contributed by atoms with Crippen molar-refractivity contribution in [2.75, 3.05) is 0 Å². The second-order valence-electron chi connectivity index (χ2n) is 6.18. The molecular weight excluding hydrogens is 304 g/mol. The lowest BCUT2D eigenvalue weighted by atomic mass is 9.82. The minimum atomic E-state index is -0.867. The molecule has 0 amide bonds. The molecule has 122 valence electrons. The van der Waals surface area contributed by atoms with Crippen molar-refractivity contribution in [3.05, 3.63) is 66.4 Å². The van der Waals surface area contributed by atoms with Crippen molar-refractivity contribution in [1.82, 2.24) is 4.98 Å². The molecule has 0 bridgehead atoms. The molecule has 1 aromatic heterocycles. The molecular formula is C21H19F2N. The molecule has 0 N–H and O–H groups in total. The van der Waals surface area contributed by atoms with Gasteiger partial charge in [0.05, 0.1) is 5.69 Å². The average Bonchev–Trinajstić information content (AvgIpc) is 2.63. The predicted octanol–water partition coefficient (Wildman–Crippen LogP) is 5.37. The largest absolute Gasteiger partial charge is 0.255 e. The zero-order chi connectivity index (χ0) is 16.9. The lowest BCUT2D eigenvalue weighted by Crippen LogP contribution is -2.11. The van der Waals surface area contributed by atoms with Gasteiger partial charge in [0.15, 0.2) is 11.6 Å². The quantitative estimate of drug-likeness (QED) is 0.535. The fourth-order valence-electron chi connectivity index (χ4n) is 2.98. The molecule has 1 heterocycles. The van der Waals surface area contributed by atoms with Crippen molar-refractivity contribution in [1.29, 1.82) is 0 Å². The van der Waals surface area contributed by atoms with Gasteiger partial charge in [-0.3, -0.25) is 4.98 Å². The van der Waals surface area contributed by atoms with E-state index in [-0.39, 0.29) is 0 Å². The molecule has 0 radical (unpaired) electrons. The number of rotatable bonds is 2. The molecule has 1 fully saturated rings. The molecule has 24 heavy (non-hydrogen) atoms. The topological polar surface area (TPSA) is 12.9 Å². The Labute approximate surface area is 141 Å². The highest BCUT2D eigenvalue weighted by atomic mass is 19.2. The van der Waals surface area contributed by atoms with Crippen molar-refractivity contribution >= 4 is 0 Å². The van der Waals surface area contributed by atoms with E-state index in [1.807, 2.05) is 12.1 Å². The Bertz CT molecular complexity index is 776. The van der Waals surface area contributed by atoms with E-state index in [0.717, 1.165) is 43.4 Å². The molecule has 3 heteroatoms. The first-order chi connectivity index (χ1) is 11.7. The van der Waals surface area contributed by atoms with Crippen LogP contribution >= 0.6 is 0 Å². The Morgan fingerprint density at radius 2 is 1.83 bits per heavy atom. The van der Waals surface area contributed by atoms with E-state index in [1.165, 1.54) is 6.07 Å². The lowest BCUT2D eigenvalue weighted by Gasteiger charge is -2.22. The summed E-state index contributed by atoms with van der Waals surface area (Å²) in [4.78, 5) is 4.30. The van der Waals surface area contributed by atoms with Gasteiger partial charge in [0.25, 0.3) is 0 Å². The Kier molecular flexibility index (Phi) is 5.05. The second-order valence-corrected chi connectivity index (χ2v) is 6.18. The number of allylic oxidation sites excluding steroid dienone is 1. The molecule has 0 unspecified atom stereocenters. The van der Waals surface area contributed by atoms with Crippen molar-refractivity contribution < 1.29 is 8.78 Å². The standard InChI is InChI=1S/C21H19F2N/c1-2-15-3-5-16(6-4-15)7-8-17-9-12-21(24-14-17)18-10-11-19(22)20(23)13-18/h2,9-16H,1,3-6H2/t15-,16-.